The van der Waals surface area contributed by atoms with Crippen molar-refractivity contribution in [2.45, 2.75) is 148 Å². The van der Waals surface area contributed by atoms with Crippen LogP contribution in [0.3, 0.4) is 0 Å². The van der Waals surface area contributed by atoms with Crippen molar-refractivity contribution < 1.29 is 38.5 Å². The fourth-order valence-electron chi connectivity index (χ4n) is 5.35. The highest BCUT2D eigenvalue weighted by Gasteiger charge is 2.22. The number of likely N-dealkylation sites (N-methyl/N-ethyl adjacent to an activating group) is 1. The first-order chi connectivity index (χ1) is 28.2. The number of hydrogen-bond acceptors (Lipinski definition) is 6. The average Bonchev–Trinajstić information content (AvgIpc) is 3.19. The lowest BCUT2D eigenvalue weighted by molar-refractivity contribution is -0.870. The molecule has 0 aromatic carbocycles. The Morgan fingerprint density at radius 3 is 1.29 bits per heavy atom. The lowest BCUT2D eigenvalue weighted by atomic mass is 10.1. The Morgan fingerprint density at radius 2 is 0.897 bits per heavy atom. The maximum atomic E-state index is 12.0. The van der Waals surface area contributed by atoms with E-state index in [2.05, 4.69) is 116 Å². The number of esters is 1. The number of hydrogen-bond donors (Lipinski definition) is 2. The molecule has 8 heteroatoms. The summed E-state index contributed by atoms with van der Waals surface area (Å²) < 4.78 is 16.2. The van der Waals surface area contributed by atoms with Crippen LogP contribution in [0.1, 0.15) is 135 Å². The molecule has 0 rings (SSSR count). The Hall–Kier alpha value is -3.56. The van der Waals surface area contributed by atoms with Crippen LogP contribution in [-0.2, 0) is 23.8 Å². The summed E-state index contributed by atoms with van der Waals surface area (Å²) in [5.41, 5.74) is 0. The third-order valence-electron chi connectivity index (χ3n) is 8.77. The van der Waals surface area contributed by atoms with E-state index < -0.39 is 18.4 Å². The van der Waals surface area contributed by atoms with Crippen LogP contribution in [0, 0.1) is 0 Å². The van der Waals surface area contributed by atoms with Crippen molar-refractivity contribution in [2.75, 3.05) is 47.5 Å². The van der Waals surface area contributed by atoms with Gasteiger partial charge in [0.2, 0.25) is 0 Å². The SMILES string of the molecule is CC/C=C\C/C=C\C/C=C\C/C=C\C/C=C\C/C=C\C/C=C\C/C=C\C/C=C\CCCCCCCCCCCC(=O)OCC(O)COC(OCC[N+](C)(C)C)C(=O)O. The number of ether oxygens (including phenoxy) is 3. The molecule has 0 amide bonds. The van der Waals surface area contributed by atoms with Crippen molar-refractivity contribution in [3.05, 3.63) is 109 Å². The van der Waals surface area contributed by atoms with Crippen LogP contribution < -0.4 is 0 Å². The van der Waals surface area contributed by atoms with Gasteiger partial charge in [-0.15, -0.1) is 0 Å². The molecule has 0 heterocycles. The second-order valence-electron chi connectivity index (χ2n) is 15.5. The maximum absolute atomic E-state index is 12.0. The minimum Gasteiger partial charge on any atom is -0.477 e. The molecule has 0 saturated carbocycles. The first-order valence-electron chi connectivity index (χ1n) is 22.1. The number of quaternary nitrogens is 1. The Balaban J connectivity index is 3.61. The van der Waals surface area contributed by atoms with Gasteiger partial charge in [0.15, 0.2) is 0 Å². The maximum Gasteiger partial charge on any atom is 0.361 e. The second kappa shape index (κ2) is 41.6. The van der Waals surface area contributed by atoms with Gasteiger partial charge in [0.1, 0.15) is 19.3 Å². The third-order valence-corrected chi connectivity index (χ3v) is 8.77. The fraction of sp³-hybridized carbons (Fsp3) is 0.600. The molecule has 2 unspecified atom stereocenters. The molecule has 0 aliphatic carbocycles. The summed E-state index contributed by atoms with van der Waals surface area (Å²) in [6.07, 6.45) is 58.5. The van der Waals surface area contributed by atoms with Gasteiger partial charge in [-0.2, -0.15) is 0 Å². The number of carbonyl (C=O) groups is 2. The summed E-state index contributed by atoms with van der Waals surface area (Å²) in [5, 5.41) is 19.3. The number of rotatable bonds is 39. The molecule has 58 heavy (non-hydrogen) atoms. The Kier molecular flexibility index (Phi) is 39.0. The van der Waals surface area contributed by atoms with Gasteiger partial charge in [-0.25, -0.2) is 4.79 Å². The number of aliphatic carboxylic acids is 1. The molecule has 0 bridgehead atoms. The van der Waals surface area contributed by atoms with Gasteiger partial charge in [-0.3, -0.25) is 4.79 Å². The van der Waals surface area contributed by atoms with Gasteiger partial charge >= 0.3 is 11.9 Å². The number of allylic oxidation sites excluding steroid dienone is 18. The van der Waals surface area contributed by atoms with Crippen LogP contribution in [0.2, 0.25) is 0 Å². The number of carboxylic acid groups (broad SMARTS) is 1. The van der Waals surface area contributed by atoms with E-state index in [4.69, 9.17) is 14.2 Å². The predicted octanol–water partition coefficient (Wildman–Crippen LogP) is 11.9. The van der Waals surface area contributed by atoms with Crippen LogP contribution in [0.15, 0.2) is 109 Å². The van der Waals surface area contributed by atoms with Gasteiger partial charge in [0.05, 0.1) is 34.4 Å². The van der Waals surface area contributed by atoms with Crippen molar-refractivity contribution in [2.24, 2.45) is 0 Å². The molecule has 0 spiro atoms. The molecule has 0 aliphatic heterocycles. The Morgan fingerprint density at radius 1 is 0.517 bits per heavy atom. The van der Waals surface area contributed by atoms with Crippen molar-refractivity contribution in [1.82, 2.24) is 0 Å². The van der Waals surface area contributed by atoms with Crippen molar-refractivity contribution in [3.8, 4) is 0 Å². The Labute approximate surface area is 354 Å². The number of nitrogens with zero attached hydrogens (tertiary/aromatic N) is 1. The summed E-state index contributed by atoms with van der Waals surface area (Å²) in [7, 11) is 5.91. The number of carboxylic acids is 1. The van der Waals surface area contributed by atoms with E-state index in [1.807, 2.05) is 21.1 Å². The highest BCUT2D eigenvalue weighted by atomic mass is 16.7. The van der Waals surface area contributed by atoms with Gasteiger partial charge in [-0.1, -0.05) is 161 Å². The molecule has 0 aromatic heterocycles. The van der Waals surface area contributed by atoms with Crippen molar-refractivity contribution >= 4 is 11.9 Å². The zero-order valence-electron chi connectivity index (χ0n) is 36.9. The third kappa shape index (κ3) is 43.6. The lowest BCUT2D eigenvalue weighted by Gasteiger charge is -2.24. The van der Waals surface area contributed by atoms with Crippen LogP contribution >= 0.6 is 0 Å². The quantitative estimate of drug-likeness (QED) is 0.0210. The van der Waals surface area contributed by atoms with Gasteiger partial charge in [0, 0.05) is 6.42 Å². The molecule has 0 fully saturated rings. The summed E-state index contributed by atoms with van der Waals surface area (Å²) in [5.74, 6) is -1.62. The lowest BCUT2D eigenvalue weighted by Crippen LogP contribution is -2.40. The summed E-state index contributed by atoms with van der Waals surface area (Å²) in [6.45, 7) is 2.44. The molecule has 2 N–H and O–H groups in total. The predicted molar refractivity (Wildman–Crippen MR) is 243 cm³/mol. The van der Waals surface area contributed by atoms with E-state index in [1.165, 1.54) is 38.5 Å². The van der Waals surface area contributed by atoms with Crippen LogP contribution in [0.25, 0.3) is 0 Å². The molecule has 0 saturated heterocycles. The highest BCUT2D eigenvalue weighted by Crippen LogP contribution is 2.12. The standard InChI is InChI=1S/C50H81NO7/c1-5-6-7-8-9-10-11-12-13-14-15-16-17-18-19-20-21-22-23-24-25-26-27-28-29-30-31-32-33-34-35-36-37-38-39-40-41-42-48(53)57-45-47(52)46-58-50(49(54)55)56-44-43-51(2,3)4/h6-7,9-10,12-13,15-16,18-19,21-22,24-25,27-28,30-31,47,50,52H,5,8,11,14,17,20,23,26,29,32-46H2,1-4H3/p+1/b7-6-,10-9-,13-12-,16-15-,19-18-,22-21-,25-24-,28-27-,31-30-. The van der Waals surface area contributed by atoms with Gasteiger partial charge < -0.3 is 28.9 Å². The molecular formula is C50H82NO7+. The van der Waals surface area contributed by atoms with E-state index in [9.17, 15) is 19.8 Å². The number of unbranched alkanes of at least 4 members (excludes halogenated alkanes) is 9. The van der Waals surface area contributed by atoms with E-state index in [0.29, 0.717) is 17.4 Å². The minimum atomic E-state index is -1.47. The molecule has 0 aromatic rings. The highest BCUT2D eigenvalue weighted by molar-refractivity contribution is 5.70. The second-order valence-corrected chi connectivity index (χ2v) is 15.5. The van der Waals surface area contributed by atoms with Crippen LogP contribution in [0.4, 0.5) is 0 Å². The van der Waals surface area contributed by atoms with E-state index in [1.54, 1.807) is 0 Å². The summed E-state index contributed by atoms with van der Waals surface area (Å²) >= 11 is 0. The molecule has 0 radical (unpaired) electrons. The summed E-state index contributed by atoms with van der Waals surface area (Å²) in [6, 6.07) is 0. The molecule has 8 nitrogen and oxygen atoms in total. The van der Waals surface area contributed by atoms with E-state index >= 15 is 0 Å². The molecular weight excluding hydrogens is 727 g/mol. The number of carbonyl (C=O) groups excluding carboxylic acids is 1. The fourth-order valence-corrected chi connectivity index (χ4v) is 5.35. The van der Waals surface area contributed by atoms with Crippen LogP contribution in [0.5, 0.6) is 0 Å². The Bertz CT molecular complexity index is 1250. The normalized spacial score (nSPS) is 14.2. The van der Waals surface area contributed by atoms with E-state index in [-0.39, 0.29) is 25.8 Å². The molecule has 2 atom stereocenters. The van der Waals surface area contributed by atoms with Crippen molar-refractivity contribution in [3.63, 3.8) is 0 Å². The first kappa shape index (κ1) is 54.4. The molecule has 0 aliphatic rings. The largest absolute Gasteiger partial charge is 0.477 e. The van der Waals surface area contributed by atoms with Gasteiger partial charge in [-0.05, 0) is 77.0 Å². The topological polar surface area (TPSA) is 102 Å². The smallest absolute Gasteiger partial charge is 0.361 e. The number of aliphatic hydroxyl groups excluding tert-OH is 1. The summed E-state index contributed by atoms with van der Waals surface area (Å²) in [4.78, 5) is 23.3. The minimum absolute atomic E-state index is 0.204. The zero-order chi connectivity index (χ0) is 42.6. The monoisotopic (exact) mass is 809 g/mol. The number of aliphatic hydroxyl groups is 1. The zero-order valence-corrected chi connectivity index (χ0v) is 36.9. The first-order valence-corrected chi connectivity index (χ1v) is 22.1. The van der Waals surface area contributed by atoms with Crippen LogP contribution in [-0.4, -0.2) is 86.5 Å². The average molecular weight is 809 g/mol. The molecule has 328 valence electrons. The van der Waals surface area contributed by atoms with Crippen molar-refractivity contribution in [1.29, 1.82) is 0 Å². The van der Waals surface area contributed by atoms with Gasteiger partial charge in [0.25, 0.3) is 6.29 Å². The van der Waals surface area contributed by atoms with E-state index in [0.717, 1.165) is 83.5 Å².